The molecule has 5 nitrogen and oxygen atoms in total. The summed E-state index contributed by atoms with van der Waals surface area (Å²) in [7, 11) is 0. The molecule has 0 fully saturated rings. The van der Waals surface area contributed by atoms with E-state index in [1.165, 1.54) is 0 Å². The van der Waals surface area contributed by atoms with E-state index in [1.54, 1.807) is 23.1 Å². The number of pyridine rings is 1. The quantitative estimate of drug-likeness (QED) is 0.799. The number of nitrogens with zero attached hydrogens (tertiary/aromatic N) is 3. The van der Waals surface area contributed by atoms with Gasteiger partial charge in [-0.05, 0) is 42.8 Å². The van der Waals surface area contributed by atoms with E-state index in [0.29, 0.717) is 10.8 Å². The van der Waals surface area contributed by atoms with E-state index in [-0.39, 0.29) is 12.3 Å². The molecule has 0 atom stereocenters. The van der Waals surface area contributed by atoms with Gasteiger partial charge in [0.25, 0.3) is 0 Å². The zero-order chi connectivity index (χ0) is 16.2. The Morgan fingerprint density at radius 1 is 1.22 bits per heavy atom. The molecule has 116 valence electrons. The number of nitrogens with one attached hydrogen (secondary N) is 1. The third-order valence-electron chi connectivity index (χ3n) is 3.32. The van der Waals surface area contributed by atoms with Gasteiger partial charge in [0.1, 0.15) is 0 Å². The van der Waals surface area contributed by atoms with Gasteiger partial charge in [-0.3, -0.25) is 9.78 Å². The van der Waals surface area contributed by atoms with Gasteiger partial charge in [0, 0.05) is 29.2 Å². The van der Waals surface area contributed by atoms with Crippen LogP contribution in [0.15, 0.2) is 54.9 Å². The van der Waals surface area contributed by atoms with Crippen LogP contribution >= 0.6 is 11.6 Å². The zero-order valence-electron chi connectivity index (χ0n) is 12.5. The number of amides is 1. The van der Waals surface area contributed by atoms with E-state index in [9.17, 15) is 4.79 Å². The third-order valence-corrected chi connectivity index (χ3v) is 3.56. The molecule has 1 aromatic carbocycles. The SMILES string of the molecule is Cc1cc(NC(=O)Cc2ccncc2)nn1-c1cccc(Cl)c1. The van der Waals surface area contributed by atoms with Crippen LogP contribution in [0.2, 0.25) is 5.02 Å². The summed E-state index contributed by atoms with van der Waals surface area (Å²) in [6.07, 6.45) is 3.62. The van der Waals surface area contributed by atoms with Crippen molar-refractivity contribution >= 4 is 23.3 Å². The van der Waals surface area contributed by atoms with Crippen molar-refractivity contribution in [3.63, 3.8) is 0 Å². The number of hydrogen-bond donors (Lipinski definition) is 1. The van der Waals surface area contributed by atoms with Crippen LogP contribution in [0.3, 0.4) is 0 Å². The van der Waals surface area contributed by atoms with E-state index in [1.807, 2.05) is 43.3 Å². The van der Waals surface area contributed by atoms with Crippen molar-refractivity contribution in [3.05, 3.63) is 71.1 Å². The molecular weight excluding hydrogens is 312 g/mol. The maximum absolute atomic E-state index is 12.1. The Morgan fingerprint density at radius 3 is 2.74 bits per heavy atom. The van der Waals surface area contributed by atoms with Crippen molar-refractivity contribution in [1.29, 1.82) is 0 Å². The highest BCUT2D eigenvalue weighted by atomic mass is 35.5. The summed E-state index contributed by atoms with van der Waals surface area (Å²) in [5, 5.41) is 7.87. The lowest BCUT2D eigenvalue weighted by Crippen LogP contribution is -2.15. The number of hydrogen-bond acceptors (Lipinski definition) is 3. The molecule has 0 spiro atoms. The minimum atomic E-state index is -0.119. The topological polar surface area (TPSA) is 59.8 Å². The molecule has 2 aromatic heterocycles. The minimum Gasteiger partial charge on any atom is -0.309 e. The van der Waals surface area contributed by atoms with Crippen LogP contribution in [0, 0.1) is 6.92 Å². The van der Waals surface area contributed by atoms with Crippen molar-refractivity contribution in [2.24, 2.45) is 0 Å². The first-order valence-electron chi connectivity index (χ1n) is 7.13. The maximum Gasteiger partial charge on any atom is 0.229 e. The first-order valence-corrected chi connectivity index (χ1v) is 7.51. The summed E-state index contributed by atoms with van der Waals surface area (Å²) >= 11 is 6.01. The molecule has 6 heteroatoms. The van der Waals surface area contributed by atoms with Crippen LogP contribution in [0.1, 0.15) is 11.3 Å². The van der Waals surface area contributed by atoms with Crippen LogP contribution < -0.4 is 5.32 Å². The maximum atomic E-state index is 12.1. The molecule has 0 bridgehead atoms. The fourth-order valence-electron chi connectivity index (χ4n) is 2.28. The molecule has 0 saturated heterocycles. The second-order valence-corrected chi connectivity index (χ2v) is 5.58. The molecule has 0 unspecified atom stereocenters. The number of anilines is 1. The van der Waals surface area contributed by atoms with Gasteiger partial charge in [0.15, 0.2) is 5.82 Å². The molecule has 0 saturated carbocycles. The van der Waals surface area contributed by atoms with Gasteiger partial charge >= 0.3 is 0 Å². The highest BCUT2D eigenvalue weighted by Crippen LogP contribution is 2.18. The number of benzene rings is 1. The number of carbonyl (C=O) groups is 1. The van der Waals surface area contributed by atoms with Crippen molar-refractivity contribution in [3.8, 4) is 5.69 Å². The van der Waals surface area contributed by atoms with Crippen LogP contribution in [0.25, 0.3) is 5.69 Å². The molecule has 1 amide bonds. The van der Waals surface area contributed by atoms with E-state index < -0.39 is 0 Å². The van der Waals surface area contributed by atoms with Gasteiger partial charge in [0.05, 0.1) is 12.1 Å². The largest absolute Gasteiger partial charge is 0.309 e. The highest BCUT2D eigenvalue weighted by Gasteiger charge is 2.10. The highest BCUT2D eigenvalue weighted by molar-refractivity contribution is 6.30. The molecular formula is C17H15ClN4O. The Balaban J connectivity index is 1.75. The van der Waals surface area contributed by atoms with Crippen molar-refractivity contribution in [2.45, 2.75) is 13.3 Å². The summed E-state index contributed by atoms with van der Waals surface area (Å²) in [4.78, 5) is 16.0. The predicted molar refractivity (Wildman–Crippen MR) is 89.9 cm³/mol. The lowest BCUT2D eigenvalue weighted by molar-refractivity contribution is -0.115. The van der Waals surface area contributed by atoms with Crippen molar-refractivity contribution < 1.29 is 4.79 Å². The van der Waals surface area contributed by atoms with Crippen LogP contribution in [0.4, 0.5) is 5.82 Å². The van der Waals surface area contributed by atoms with E-state index in [0.717, 1.165) is 16.9 Å². The molecule has 3 aromatic rings. The van der Waals surface area contributed by atoms with Gasteiger partial charge in [-0.25, -0.2) is 4.68 Å². The Morgan fingerprint density at radius 2 is 2.00 bits per heavy atom. The number of halogens is 1. The summed E-state index contributed by atoms with van der Waals surface area (Å²) in [6.45, 7) is 1.92. The third kappa shape index (κ3) is 3.76. The Bertz CT molecular complexity index is 830. The first kappa shape index (κ1) is 15.2. The molecule has 0 aliphatic rings. The molecule has 3 rings (SSSR count). The van der Waals surface area contributed by atoms with Crippen LogP contribution in [0.5, 0.6) is 0 Å². The fraction of sp³-hybridized carbons (Fsp3) is 0.118. The molecule has 2 heterocycles. The number of rotatable bonds is 4. The smallest absolute Gasteiger partial charge is 0.229 e. The summed E-state index contributed by atoms with van der Waals surface area (Å²) in [6, 6.07) is 12.9. The average molecular weight is 327 g/mol. The molecule has 0 aliphatic heterocycles. The van der Waals surface area contributed by atoms with E-state index >= 15 is 0 Å². The summed E-state index contributed by atoms with van der Waals surface area (Å²) in [5.41, 5.74) is 2.67. The standard InChI is InChI=1S/C17H15ClN4O/c1-12-9-16(20-17(23)10-13-5-7-19-8-6-13)21-22(12)15-4-2-3-14(18)11-15/h2-9,11H,10H2,1H3,(H,20,21,23). The van der Waals surface area contributed by atoms with Crippen molar-refractivity contribution in [2.75, 3.05) is 5.32 Å². The Labute approximate surface area is 138 Å². The molecule has 0 radical (unpaired) electrons. The second-order valence-electron chi connectivity index (χ2n) is 5.14. The normalized spacial score (nSPS) is 10.5. The lowest BCUT2D eigenvalue weighted by atomic mass is 10.2. The lowest BCUT2D eigenvalue weighted by Gasteiger charge is -2.04. The van der Waals surface area contributed by atoms with Crippen LogP contribution in [-0.4, -0.2) is 20.7 Å². The van der Waals surface area contributed by atoms with Gasteiger partial charge in [0.2, 0.25) is 5.91 Å². The van der Waals surface area contributed by atoms with Crippen LogP contribution in [-0.2, 0) is 11.2 Å². The summed E-state index contributed by atoms with van der Waals surface area (Å²) < 4.78 is 1.74. The fourth-order valence-corrected chi connectivity index (χ4v) is 2.46. The molecule has 0 aliphatic carbocycles. The Kier molecular flexibility index (Phi) is 4.39. The van der Waals surface area contributed by atoms with Crippen molar-refractivity contribution in [1.82, 2.24) is 14.8 Å². The van der Waals surface area contributed by atoms with Gasteiger partial charge in [-0.15, -0.1) is 5.10 Å². The van der Waals surface area contributed by atoms with E-state index in [4.69, 9.17) is 11.6 Å². The molecule has 1 N–H and O–H groups in total. The predicted octanol–water partition coefficient (Wildman–Crippen LogP) is 3.41. The number of aromatic nitrogens is 3. The molecule has 23 heavy (non-hydrogen) atoms. The second kappa shape index (κ2) is 6.62. The van der Waals surface area contributed by atoms with Gasteiger partial charge in [-0.1, -0.05) is 17.7 Å². The van der Waals surface area contributed by atoms with Gasteiger partial charge < -0.3 is 5.32 Å². The average Bonchev–Trinajstić information content (AvgIpc) is 2.88. The first-order chi connectivity index (χ1) is 11.1. The van der Waals surface area contributed by atoms with E-state index in [2.05, 4.69) is 15.4 Å². The Hall–Kier alpha value is -2.66. The minimum absolute atomic E-state index is 0.119. The number of carbonyl (C=O) groups excluding carboxylic acids is 1. The zero-order valence-corrected chi connectivity index (χ0v) is 13.3. The van der Waals surface area contributed by atoms with Gasteiger partial charge in [-0.2, -0.15) is 0 Å². The number of aryl methyl sites for hydroxylation is 1. The monoisotopic (exact) mass is 326 g/mol. The summed E-state index contributed by atoms with van der Waals surface area (Å²) in [5.74, 6) is 0.397.